The molecule has 104 valence electrons. The van der Waals surface area contributed by atoms with E-state index in [0.717, 1.165) is 36.5 Å². The first kappa shape index (κ1) is 13.3. The van der Waals surface area contributed by atoms with Gasteiger partial charge in [-0.2, -0.15) is 0 Å². The molecule has 0 radical (unpaired) electrons. The molecule has 20 heavy (non-hydrogen) atoms. The van der Waals surface area contributed by atoms with Gasteiger partial charge < -0.3 is 4.90 Å². The van der Waals surface area contributed by atoms with Crippen molar-refractivity contribution in [3.8, 4) is 0 Å². The molecule has 1 aliphatic rings. The van der Waals surface area contributed by atoms with Crippen LogP contribution in [-0.2, 0) is 6.42 Å². The number of anilines is 1. The normalized spacial score (nSPS) is 13.6. The van der Waals surface area contributed by atoms with Gasteiger partial charge in [-0.15, -0.1) is 11.3 Å². The van der Waals surface area contributed by atoms with Gasteiger partial charge in [0.05, 0.1) is 4.88 Å². The minimum absolute atomic E-state index is 0.190. The molecule has 0 aliphatic carbocycles. The Balaban J connectivity index is 1.56. The van der Waals surface area contributed by atoms with Crippen LogP contribution in [0.4, 0.5) is 10.1 Å². The number of hydrogen-bond acceptors (Lipinski definition) is 3. The van der Waals surface area contributed by atoms with Crippen LogP contribution in [0.5, 0.6) is 0 Å². The fourth-order valence-corrected chi connectivity index (χ4v) is 3.34. The highest BCUT2D eigenvalue weighted by Crippen LogP contribution is 2.28. The van der Waals surface area contributed by atoms with E-state index in [1.54, 1.807) is 6.07 Å². The Bertz CT molecular complexity index is 609. The summed E-state index contributed by atoms with van der Waals surface area (Å²) in [6.07, 6.45) is 2.34. The lowest BCUT2D eigenvalue weighted by atomic mass is 10.1. The minimum atomic E-state index is -0.190. The molecule has 2 heterocycles. The number of rotatable bonds is 5. The van der Waals surface area contributed by atoms with Crippen molar-refractivity contribution in [2.75, 3.05) is 18.0 Å². The Morgan fingerprint density at radius 1 is 1.35 bits per heavy atom. The second-order valence-electron chi connectivity index (χ2n) is 5.01. The molecule has 2 nitrogen and oxygen atoms in total. The van der Waals surface area contributed by atoms with E-state index >= 15 is 0 Å². The van der Waals surface area contributed by atoms with E-state index in [-0.39, 0.29) is 11.6 Å². The highest BCUT2D eigenvalue weighted by Gasteiger charge is 2.19. The molecule has 4 heteroatoms. The van der Waals surface area contributed by atoms with E-state index in [9.17, 15) is 9.18 Å². The molecule has 0 fully saturated rings. The van der Waals surface area contributed by atoms with E-state index < -0.39 is 0 Å². The lowest BCUT2D eigenvalue weighted by Crippen LogP contribution is -2.22. The molecule has 0 spiro atoms. The number of thiophene rings is 1. The summed E-state index contributed by atoms with van der Waals surface area (Å²) < 4.78 is 13.3. The van der Waals surface area contributed by atoms with E-state index in [1.165, 1.54) is 23.0 Å². The zero-order valence-corrected chi connectivity index (χ0v) is 12.0. The molecular formula is C16H16FNOS. The van der Waals surface area contributed by atoms with Crippen LogP contribution >= 0.6 is 11.3 Å². The number of carbonyl (C=O) groups is 1. The summed E-state index contributed by atoms with van der Waals surface area (Å²) >= 11 is 1.49. The van der Waals surface area contributed by atoms with Crippen LogP contribution in [0, 0.1) is 5.82 Å². The molecule has 2 aromatic rings. The molecule has 0 atom stereocenters. The van der Waals surface area contributed by atoms with Gasteiger partial charge in [-0.25, -0.2) is 4.39 Å². The molecule has 0 unspecified atom stereocenters. The fourth-order valence-electron chi connectivity index (χ4n) is 2.64. The number of hydrogen-bond donors (Lipinski definition) is 0. The van der Waals surface area contributed by atoms with Crippen molar-refractivity contribution in [3.05, 3.63) is 52.0 Å². The van der Waals surface area contributed by atoms with Gasteiger partial charge in [-0.1, -0.05) is 12.1 Å². The van der Waals surface area contributed by atoms with Crippen LogP contribution in [0.3, 0.4) is 0 Å². The molecule has 0 amide bonds. The molecule has 1 aliphatic heterocycles. The van der Waals surface area contributed by atoms with E-state index in [0.29, 0.717) is 6.42 Å². The smallest absolute Gasteiger partial charge is 0.172 e. The van der Waals surface area contributed by atoms with Crippen molar-refractivity contribution < 1.29 is 9.18 Å². The number of ketones is 1. The summed E-state index contributed by atoms with van der Waals surface area (Å²) in [5.74, 6) is 0.0176. The minimum Gasteiger partial charge on any atom is -0.371 e. The van der Waals surface area contributed by atoms with Gasteiger partial charge in [-0.3, -0.25) is 4.79 Å². The standard InChI is InChI=1S/C16H16FNOS/c17-13-6-5-12-7-9-18(14(12)11-13)8-1-3-15(19)16-4-2-10-20-16/h2,4-6,10-11H,1,3,7-9H2. The maximum Gasteiger partial charge on any atom is 0.172 e. The van der Waals surface area contributed by atoms with Gasteiger partial charge in [0.1, 0.15) is 5.82 Å². The van der Waals surface area contributed by atoms with Crippen LogP contribution in [-0.4, -0.2) is 18.9 Å². The Morgan fingerprint density at radius 3 is 3.05 bits per heavy atom. The number of Topliss-reactive ketones (excluding diaryl/α,β-unsaturated/α-hetero) is 1. The largest absolute Gasteiger partial charge is 0.371 e. The van der Waals surface area contributed by atoms with Gasteiger partial charge in [0.2, 0.25) is 0 Å². The molecule has 1 aromatic carbocycles. The second-order valence-corrected chi connectivity index (χ2v) is 5.96. The van der Waals surface area contributed by atoms with Gasteiger partial charge in [0.25, 0.3) is 0 Å². The van der Waals surface area contributed by atoms with Gasteiger partial charge in [-0.05, 0) is 42.0 Å². The Kier molecular flexibility index (Phi) is 3.83. The summed E-state index contributed by atoms with van der Waals surface area (Å²) in [7, 11) is 0. The lowest BCUT2D eigenvalue weighted by molar-refractivity contribution is 0.0984. The first-order chi connectivity index (χ1) is 9.74. The number of halogens is 1. The SMILES string of the molecule is O=C(CCCN1CCc2ccc(F)cc21)c1cccs1. The van der Waals surface area contributed by atoms with Crippen molar-refractivity contribution in [2.24, 2.45) is 0 Å². The Morgan fingerprint density at radius 2 is 2.25 bits per heavy atom. The van der Waals surface area contributed by atoms with Crippen molar-refractivity contribution in [1.82, 2.24) is 0 Å². The predicted octanol–water partition coefficient (Wildman–Crippen LogP) is 3.91. The van der Waals surface area contributed by atoms with Crippen molar-refractivity contribution in [2.45, 2.75) is 19.3 Å². The molecule has 0 saturated carbocycles. The third kappa shape index (κ3) is 2.75. The van der Waals surface area contributed by atoms with Crippen LogP contribution in [0.25, 0.3) is 0 Å². The zero-order chi connectivity index (χ0) is 13.9. The molecule has 1 aromatic heterocycles. The van der Waals surface area contributed by atoms with Gasteiger partial charge >= 0.3 is 0 Å². The lowest BCUT2D eigenvalue weighted by Gasteiger charge is -2.19. The van der Waals surface area contributed by atoms with E-state index in [2.05, 4.69) is 4.90 Å². The summed E-state index contributed by atoms with van der Waals surface area (Å²) in [6, 6.07) is 8.75. The quantitative estimate of drug-likeness (QED) is 0.778. The van der Waals surface area contributed by atoms with Crippen LogP contribution in [0.1, 0.15) is 28.1 Å². The van der Waals surface area contributed by atoms with Crippen molar-refractivity contribution in [3.63, 3.8) is 0 Å². The maximum absolute atomic E-state index is 13.3. The van der Waals surface area contributed by atoms with E-state index in [1.807, 2.05) is 23.6 Å². The van der Waals surface area contributed by atoms with Crippen LogP contribution in [0.15, 0.2) is 35.7 Å². The van der Waals surface area contributed by atoms with Crippen molar-refractivity contribution >= 4 is 22.8 Å². The Labute approximate surface area is 121 Å². The molecule has 0 bridgehead atoms. The highest BCUT2D eigenvalue weighted by molar-refractivity contribution is 7.12. The molecule has 3 rings (SSSR count). The Hall–Kier alpha value is -1.68. The van der Waals surface area contributed by atoms with Gasteiger partial charge in [0.15, 0.2) is 5.78 Å². The van der Waals surface area contributed by atoms with Crippen LogP contribution in [0.2, 0.25) is 0 Å². The molecule has 0 saturated heterocycles. The summed E-state index contributed by atoms with van der Waals surface area (Å²) in [6.45, 7) is 1.74. The maximum atomic E-state index is 13.3. The molecular weight excluding hydrogens is 273 g/mol. The first-order valence-corrected chi connectivity index (χ1v) is 7.72. The summed E-state index contributed by atoms with van der Waals surface area (Å²) in [5, 5.41) is 1.92. The average Bonchev–Trinajstić information content (AvgIpc) is 3.08. The summed E-state index contributed by atoms with van der Waals surface area (Å²) in [5.41, 5.74) is 2.20. The highest BCUT2D eigenvalue weighted by atomic mass is 32.1. The van der Waals surface area contributed by atoms with Crippen LogP contribution < -0.4 is 4.90 Å². The number of nitrogens with zero attached hydrogens (tertiary/aromatic N) is 1. The van der Waals surface area contributed by atoms with Gasteiger partial charge in [0, 0.05) is 25.2 Å². The third-order valence-electron chi connectivity index (χ3n) is 3.67. The predicted molar refractivity (Wildman–Crippen MR) is 80.2 cm³/mol. The van der Waals surface area contributed by atoms with E-state index in [4.69, 9.17) is 0 Å². The molecule has 0 N–H and O–H groups in total. The zero-order valence-electron chi connectivity index (χ0n) is 11.1. The number of carbonyl (C=O) groups excluding carboxylic acids is 1. The topological polar surface area (TPSA) is 20.3 Å². The third-order valence-corrected chi connectivity index (χ3v) is 4.58. The summed E-state index contributed by atoms with van der Waals surface area (Å²) in [4.78, 5) is 14.9. The first-order valence-electron chi connectivity index (χ1n) is 6.84. The monoisotopic (exact) mass is 289 g/mol. The fraction of sp³-hybridized carbons (Fsp3) is 0.312. The number of fused-ring (bicyclic) bond motifs is 1. The van der Waals surface area contributed by atoms with Crippen molar-refractivity contribution in [1.29, 1.82) is 0 Å². The average molecular weight is 289 g/mol. The second kappa shape index (κ2) is 5.75. The number of benzene rings is 1.